The lowest BCUT2D eigenvalue weighted by Crippen LogP contribution is -2.51. The minimum absolute atomic E-state index is 0.660. The van der Waals surface area contributed by atoms with Gasteiger partial charge in [-0.2, -0.15) is 0 Å². The van der Waals surface area contributed by atoms with E-state index < -0.39 is 0 Å². The number of ether oxygens (including phenoxy) is 1. The maximum atomic E-state index is 5.86. The van der Waals surface area contributed by atoms with E-state index in [0.29, 0.717) is 6.04 Å². The van der Waals surface area contributed by atoms with Crippen molar-refractivity contribution in [2.75, 3.05) is 19.7 Å². The van der Waals surface area contributed by atoms with E-state index in [2.05, 4.69) is 4.90 Å². The van der Waals surface area contributed by atoms with E-state index in [9.17, 15) is 0 Å². The molecule has 86 valence electrons. The van der Waals surface area contributed by atoms with E-state index in [-0.39, 0.29) is 0 Å². The van der Waals surface area contributed by atoms with Crippen LogP contribution in [0.5, 0.6) is 5.75 Å². The lowest BCUT2D eigenvalue weighted by atomic mass is 9.83. The number of benzene rings is 1. The largest absolute Gasteiger partial charge is 0.492 e. The van der Waals surface area contributed by atoms with Crippen molar-refractivity contribution in [3.63, 3.8) is 0 Å². The Balaban J connectivity index is 1.56. The molecule has 2 heteroatoms. The second-order valence-electron chi connectivity index (χ2n) is 4.99. The van der Waals surface area contributed by atoms with Gasteiger partial charge in [0.2, 0.25) is 0 Å². The first-order valence-electron chi connectivity index (χ1n) is 6.34. The van der Waals surface area contributed by atoms with Crippen molar-refractivity contribution >= 4 is 0 Å². The molecule has 1 aromatic rings. The first-order valence-corrected chi connectivity index (χ1v) is 6.34. The van der Waals surface area contributed by atoms with Crippen LogP contribution in [0.25, 0.3) is 0 Å². The van der Waals surface area contributed by atoms with Crippen molar-refractivity contribution in [2.24, 2.45) is 5.92 Å². The summed E-state index contributed by atoms with van der Waals surface area (Å²) in [5.74, 6) is 1.97. The van der Waals surface area contributed by atoms with Crippen molar-refractivity contribution in [3.05, 3.63) is 30.3 Å². The predicted octanol–water partition coefficient (Wildman–Crippen LogP) is 2.55. The summed E-state index contributed by atoms with van der Waals surface area (Å²) < 4.78 is 5.86. The summed E-state index contributed by atoms with van der Waals surface area (Å²) in [5.41, 5.74) is 0. The van der Waals surface area contributed by atoms with Gasteiger partial charge in [0.05, 0.1) is 0 Å². The van der Waals surface area contributed by atoms with Crippen LogP contribution < -0.4 is 4.74 Å². The van der Waals surface area contributed by atoms with Gasteiger partial charge in [-0.1, -0.05) is 18.2 Å². The Labute approximate surface area is 97.2 Å². The molecule has 0 spiro atoms. The number of hydrogen-bond donors (Lipinski definition) is 0. The number of piperidine rings is 3. The molecular formula is C14H19NO. The molecule has 3 heterocycles. The van der Waals surface area contributed by atoms with Crippen LogP contribution in [0.2, 0.25) is 0 Å². The van der Waals surface area contributed by atoms with E-state index in [1.165, 1.54) is 32.4 Å². The van der Waals surface area contributed by atoms with Crippen LogP contribution in [0.3, 0.4) is 0 Å². The summed E-state index contributed by atoms with van der Waals surface area (Å²) in [4.78, 5) is 2.60. The van der Waals surface area contributed by atoms with E-state index in [1.54, 1.807) is 0 Å². The first-order chi connectivity index (χ1) is 7.92. The summed E-state index contributed by atoms with van der Waals surface area (Å²) >= 11 is 0. The maximum Gasteiger partial charge on any atom is 0.119 e. The third-order valence-corrected chi connectivity index (χ3v) is 3.96. The SMILES string of the molecule is c1ccc(OCC2CC3CCN2CC3)cc1. The fourth-order valence-electron chi connectivity index (χ4n) is 2.97. The Hall–Kier alpha value is -1.02. The molecule has 2 bridgehead atoms. The van der Waals surface area contributed by atoms with Crippen molar-refractivity contribution in [1.82, 2.24) is 4.90 Å². The molecule has 2 nitrogen and oxygen atoms in total. The molecule has 1 atom stereocenters. The van der Waals surface area contributed by atoms with Gasteiger partial charge < -0.3 is 4.74 Å². The second-order valence-corrected chi connectivity index (χ2v) is 4.99. The molecular weight excluding hydrogens is 198 g/mol. The normalized spacial score (nSPS) is 32.6. The Morgan fingerprint density at radius 3 is 2.50 bits per heavy atom. The Morgan fingerprint density at radius 2 is 1.88 bits per heavy atom. The van der Waals surface area contributed by atoms with Crippen LogP contribution in [0, 0.1) is 5.92 Å². The minimum Gasteiger partial charge on any atom is -0.492 e. The molecule has 0 N–H and O–H groups in total. The van der Waals surface area contributed by atoms with E-state index in [0.717, 1.165) is 18.3 Å². The van der Waals surface area contributed by atoms with Crippen LogP contribution in [0.4, 0.5) is 0 Å². The molecule has 3 aliphatic heterocycles. The van der Waals surface area contributed by atoms with Gasteiger partial charge in [-0.15, -0.1) is 0 Å². The lowest BCUT2D eigenvalue weighted by Gasteiger charge is -2.45. The lowest BCUT2D eigenvalue weighted by molar-refractivity contribution is 0.0238. The maximum absolute atomic E-state index is 5.86. The fourth-order valence-corrected chi connectivity index (χ4v) is 2.97. The van der Waals surface area contributed by atoms with Gasteiger partial charge in [0, 0.05) is 6.04 Å². The van der Waals surface area contributed by atoms with Gasteiger partial charge in [-0.25, -0.2) is 0 Å². The summed E-state index contributed by atoms with van der Waals surface area (Å²) in [6.45, 7) is 3.43. The number of para-hydroxylation sites is 1. The molecule has 0 radical (unpaired) electrons. The average Bonchev–Trinajstić information content (AvgIpc) is 2.39. The highest BCUT2D eigenvalue weighted by Gasteiger charge is 2.33. The highest BCUT2D eigenvalue weighted by atomic mass is 16.5. The van der Waals surface area contributed by atoms with Crippen LogP contribution >= 0.6 is 0 Å². The summed E-state index contributed by atoms with van der Waals surface area (Å²) in [7, 11) is 0. The Bertz CT molecular complexity index is 330. The third-order valence-electron chi connectivity index (χ3n) is 3.96. The molecule has 0 aliphatic carbocycles. The highest BCUT2D eigenvalue weighted by Crippen LogP contribution is 2.31. The number of nitrogens with zero attached hydrogens (tertiary/aromatic N) is 1. The van der Waals surface area contributed by atoms with Crippen LogP contribution in [0.15, 0.2) is 30.3 Å². The Kier molecular flexibility index (Phi) is 2.83. The van der Waals surface area contributed by atoms with E-state index >= 15 is 0 Å². The number of fused-ring (bicyclic) bond motifs is 3. The van der Waals surface area contributed by atoms with Crippen molar-refractivity contribution in [1.29, 1.82) is 0 Å². The predicted molar refractivity (Wildman–Crippen MR) is 64.6 cm³/mol. The molecule has 16 heavy (non-hydrogen) atoms. The molecule has 3 saturated heterocycles. The molecule has 4 rings (SSSR count). The third kappa shape index (κ3) is 2.07. The van der Waals surface area contributed by atoms with Gasteiger partial charge in [0.25, 0.3) is 0 Å². The van der Waals surface area contributed by atoms with Crippen molar-refractivity contribution in [3.8, 4) is 5.75 Å². The topological polar surface area (TPSA) is 12.5 Å². The summed E-state index contributed by atoms with van der Waals surface area (Å²) in [6.07, 6.45) is 4.15. The van der Waals surface area contributed by atoms with Gasteiger partial charge in [-0.3, -0.25) is 4.90 Å². The standard InChI is InChI=1S/C14H19NO/c1-2-4-14(5-3-1)16-11-13-10-12-6-8-15(13)9-7-12/h1-5,12-13H,6-11H2. The fraction of sp³-hybridized carbons (Fsp3) is 0.571. The van der Waals surface area contributed by atoms with Crippen LogP contribution in [-0.4, -0.2) is 30.6 Å². The molecule has 0 saturated carbocycles. The van der Waals surface area contributed by atoms with Crippen molar-refractivity contribution < 1.29 is 4.74 Å². The summed E-state index contributed by atoms with van der Waals surface area (Å²) in [6, 6.07) is 10.8. The zero-order valence-electron chi connectivity index (χ0n) is 9.64. The quantitative estimate of drug-likeness (QED) is 0.771. The number of rotatable bonds is 3. The van der Waals surface area contributed by atoms with Gasteiger partial charge in [0.15, 0.2) is 0 Å². The first kappa shape index (κ1) is 10.2. The number of hydrogen-bond acceptors (Lipinski definition) is 2. The molecule has 1 aromatic carbocycles. The van der Waals surface area contributed by atoms with Crippen LogP contribution in [0.1, 0.15) is 19.3 Å². The zero-order chi connectivity index (χ0) is 10.8. The highest BCUT2D eigenvalue weighted by molar-refractivity contribution is 5.21. The molecule has 3 aliphatic rings. The van der Waals surface area contributed by atoms with E-state index in [1.807, 2.05) is 30.3 Å². The molecule has 1 unspecified atom stereocenters. The molecule has 0 aromatic heterocycles. The molecule has 3 fully saturated rings. The minimum atomic E-state index is 0.660. The Morgan fingerprint density at radius 1 is 1.12 bits per heavy atom. The summed E-state index contributed by atoms with van der Waals surface area (Å²) in [5, 5.41) is 0. The second kappa shape index (κ2) is 4.46. The molecule has 0 amide bonds. The van der Waals surface area contributed by atoms with Crippen LogP contribution in [-0.2, 0) is 0 Å². The zero-order valence-corrected chi connectivity index (χ0v) is 9.64. The smallest absolute Gasteiger partial charge is 0.119 e. The van der Waals surface area contributed by atoms with Gasteiger partial charge in [0.1, 0.15) is 12.4 Å². The van der Waals surface area contributed by atoms with Gasteiger partial charge in [-0.05, 0) is 50.4 Å². The van der Waals surface area contributed by atoms with Gasteiger partial charge >= 0.3 is 0 Å². The van der Waals surface area contributed by atoms with Crippen molar-refractivity contribution in [2.45, 2.75) is 25.3 Å². The average molecular weight is 217 g/mol. The van der Waals surface area contributed by atoms with E-state index in [4.69, 9.17) is 4.74 Å². The monoisotopic (exact) mass is 217 g/mol.